The Bertz CT molecular complexity index is 732. The Hall–Kier alpha value is -1.86. The van der Waals surface area contributed by atoms with E-state index in [0.717, 1.165) is 0 Å². The topological polar surface area (TPSA) is 85.3 Å². The summed E-state index contributed by atoms with van der Waals surface area (Å²) in [5.74, 6) is -1.22. The van der Waals surface area contributed by atoms with Crippen LogP contribution >= 0.6 is 23.2 Å². The number of nitrogens with zero attached hydrogens (tertiary/aromatic N) is 1. The lowest BCUT2D eigenvalue weighted by Gasteiger charge is -2.37. The molecule has 1 saturated heterocycles. The van der Waals surface area contributed by atoms with E-state index in [9.17, 15) is 9.59 Å². The van der Waals surface area contributed by atoms with E-state index in [1.807, 2.05) is 0 Å². The van der Waals surface area contributed by atoms with Crippen molar-refractivity contribution in [3.8, 4) is 11.5 Å². The number of ether oxygens (including phenoxy) is 3. The molecule has 1 unspecified atom stereocenters. The molecule has 0 bridgehead atoms. The first-order valence-electron chi connectivity index (χ1n) is 7.73. The molecule has 0 radical (unpaired) electrons. The Balaban J connectivity index is 1.85. The van der Waals surface area contributed by atoms with E-state index in [1.165, 1.54) is 18.1 Å². The summed E-state index contributed by atoms with van der Waals surface area (Å²) in [4.78, 5) is 24.2. The van der Waals surface area contributed by atoms with E-state index >= 15 is 0 Å². The summed E-state index contributed by atoms with van der Waals surface area (Å²) >= 11 is 12.5. The van der Waals surface area contributed by atoms with Crippen LogP contribution in [-0.2, 0) is 4.74 Å². The molecule has 0 spiro atoms. The highest BCUT2D eigenvalue weighted by Gasteiger charge is 2.48. The van der Waals surface area contributed by atoms with Gasteiger partial charge in [0, 0.05) is 25.9 Å². The van der Waals surface area contributed by atoms with Crippen LogP contribution in [0.3, 0.4) is 0 Å². The van der Waals surface area contributed by atoms with Gasteiger partial charge in [0.2, 0.25) is 0 Å². The van der Waals surface area contributed by atoms with Crippen molar-refractivity contribution in [2.75, 3.05) is 20.2 Å². The minimum atomic E-state index is -1.03. The molecule has 136 valence electrons. The molecule has 1 aromatic carbocycles. The Morgan fingerprint density at radius 2 is 1.88 bits per heavy atom. The molecule has 2 aliphatic heterocycles. The smallest absolute Gasteiger partial charge is 0.407 e. The maximum atomic E-state index is 11.8. The second-order valence-electron chi connectivity index (χ2n) is 6.13. The van der Waals surface area contributed by atoms with E-state index in [4.69, 9.17) is 42.5 Å². The summed E-state index contributed by atoms with van der Waals surface area (Å²) in [6.45, 7) is 2.56. The molecule has 1 amide bonds. The monoisotopic (exact) mass is 389 g/mol. The highest BCUT2D eigenvalue weighted by molar-refractivity contribution is 6.38. The summed E-state index contributed by atoms with van der Waals surface area (Å²) in [6, 6.07) is 1.39. The molecule has 1 N–H and O–H groups in total. The molecule has 7 nitrogen and oxygen atoms in total. The van der Waals surface area contributed by atoms with Crippen molar-refractivity contribution >= 4 is 35.3 Å². The minimum absolute atomic E-state index is 0.0517. The van der Waals surface area contributed by atoms with E-state index in [-0.39, 0.29) is 33.0 Å². The zero-order chi connectivity index (χ0) is 18.4. The number of hydrogen-bond acceptors (Lipinski definition) is 5. The predicted molar refractivity (Wildman–Crippen MR) is 89.8 cm³/mol. The number of rotatable bonds is 2. The highest BCUT2D eigenvalue weighted by atomic mass is 35.5. The standard InChI is InChI=1S/C16H17Cl2NO6/c1-16(8-3-5-19(6-4-8)15(21)22)24-12-10(17)7-9(14(20)23-2)11(18)13(12)25-16/h7-8H,3-6H2,1-2H3,(H,21,22). The number of carboxylic acid groups (broad SMARTS) is 1. The van der Waals surface area contributed by atoms with Crippen LogP contribution < -0.4 is 9.47 Å². The Morgan fingerprint density at radius 1 is 1.28 bits per heavy atom. The number of amides is 1. The quantitative estimate of drug-likeness (QED) is 0.776. The van der Waals surface area contributed by atoms with E-state index in [2.05, 4.69) is 0 Å². The number of halogens is 2. The van der Waals surface area contributed by atoms with Crippen molar-refractivity contribution in [2.24, 2.45) is 5.92 Å². The number of likely N-dealkylation sites (tertiary alicyclic amines) is 1. The summed E-state index contributed by atoms with van der Waals surface area (Å²) in [5, 5.41) is 9.34. The fourth-order valence-corrected chi connectivity index (χ4v) is 3.71. The van der Waals surface area contributed by atoms with E-state index in [1.54, 1.807) is 6.92 Å². The fraction of sp³-hybridized carbons (Fsp3) is 0.500. The molecule has 0 aromatic heterocycles. The van der Waals surface area contributed by atoms with Crippen LogP contribution in [0.4, 0.5) is 4.79 Å². The normalized spacial score (nSPS) is 22.8. The van der Waals surface area contributed by atoms with Gasteiger partial charge in [-0.25, -0.2) is 9.59 Å². The molecule has 1 atom stereocenters. The molecule has 1 aromatic rings. The van der Waals surface area contributed by atoms with Gasteiger partial charge in [0.25, 0.3) is 5.79 Å². The van der Waals surface area contributed by atoms with Gasteiger partial charge in [0.05, 0.1) is 17.7 Å². The number of carbonyl (C=O) groups is 2. The van der Waals surface area contributed by atoms with E-state index in [0.29, 0.717) is 25.9 Å². The molecule has 2 heterocycles. The molecule has 0 aliphatic carbocycles. The van der Waals surface area contributed by atoms with Crippen LogP contribution in [0.25, 0.3) is 0 Å². The maximum absolute atomic E-state index is 11.8. The molecule has 25 heavy (non-hydrogen) atoms. The minimum Gasteiger partial charge on any atom is -0.465 e. The highest BCUT2D eigenvalue weighted by Crippen LogP contribution is 2.52. The number of benzene rings is 1. The molecule has 9 heteroatoms. The zero-order valence-electron chi connectivity index (χ0n) is 13.7. The maximum Gasteiger partial charge on any atom is 0.407 e. The number of methoxy groups -OCH3 is 1. The average molecular weight is 390 g/mol. The van der Waals surface area contributed by atoms with Crippen molar-refractivity contribution in [3.63, 3.8) is 0 Å². The third-order valence-corrected chi connectivity index (χ3v) is 5.31. The first-order valence-corrected chi connectivity index (χ1v) is 8.48. The lowest BCUT2D eigenvalue weighted by molar-refractivity contribution is -0.123. The number of hydrogen-bond donors (Lipinski definition) is 1. The van der Waals surface area contributed by atoms with Crippen LogP contribution in [0.2, 0.25) is 10.0 Å². The first-order chi connectivity index (χ1) is 11.8. The van der Waals surface area contributed by atoms with Crippen molar-refractivity contribution in [1.82, 2.24) is 4.90 Å². The van der Waals surface area contributed by atoms with Gasteiger partial charge >= 0.3 is 12.1 Å². The van der Waals surface area contributed by atoms with Crippen LogP contribution in [0.5, 0.6) is 11.5 Å². The van der Waals surface area contributed by atoms with Gasteiger partial charge in [0.1, 0.15) is 5.02 Å². The number of esters is 1. The number of carbonyl (C=O) groups excluding carboxylic acids is 1. The summed E-state index contributed by atoms with van der Waals surface area (Å²) in [6.07, 6.45) is 0.222. The Labute approximate surface area is 154 Å². The largest absolute Gasteiger partial charge is 0.465 e. The second kappa shape index (κ2) is 6.46. The van der Waals surface area contributed by atoms with Crippen molar-refractivity contribution in [1.29, 1.82) is 0 Å². The van der Waals surface area contributed by atoms with Crippen LogP contribution in [0, 0.1) is 5.92 Å². The van der Waals surface area contributed by atoms with Crippen LogP contribution in [0.15, 0.2) is 6.07 Å². The van der Waals surface area contributed by atoms with Crippen LogP contribution in [-0.4, -0.2) is 48.1 Å². The average Bonchev–Trinajstić information content (AvgIpc) is 2.97. The van der Waals surface area contributed by atoms with Gasteiger partial charge in [-0.3, -0.25) is 0 Å². The van der Waals surface area contributed by atoms with Gasteiger partial charge < -0.3 is 24.2 Å². The van der Waals surface area contributed by atoms with E-state index < -0.39 is 17.8 Å². The summed E-state index contributed by atoms with van der Waals surface area (Å²) in [7, 11) is 1.25. The van der Waals surface area contributed by atoms with Crippen molar-refractivity contribution in [3.05, 3.63) is 21.7 Å². The third-order valence-electron chi connectivity index (χ3n) is 4.65. The van der Waals surface area contributed by atoms with Gasteiger partial charge in [-0.05, 0) is 18.9 Å². The van der Waals surface area contributed by atoms with Gasteiger partial charge in [-0.15, -0.1) is 0 Å². The summed E-state index contributed by atoms with van der Waals surface area (Å²) < 4.78 is 16.6. The van der Waals surface area contributed by atoms with Gasteiger partial charge in [0.15, 0.2) is 11.5 Å². The lowest BCUT2D eigenvalue weighted by Crippen LogP contribution is -2.49. The zero-order valence-corrected chi connectivity index (χ0v) is 15.2. The molecule has 2 aliphatic rings. The van der Waals surface area contributed by atoms with Gasteiger partial charge in [-0.1, -0.05) is 23.2 Å². The van der Waals surface area contributed by atoms with Gasteiger partial charge in [-0.2, -0.15) is 0 Å². The lowest BCUT2D eigenvalue weighted by atomic mass is 9.89. The molecule has 1 fully saturated rings. The SMILES string of the molecule is COC(=O)c1cc(Cl)c2c(c1Cl)OC(C)(C1CCN(C(=O)O)CC1)O2. The number of fused-ring (bicyclic) bond motifs is 1. The molecular weight excluding hydrogens is 373 g/mol. The third kappa shape index (κ3) is 3.06. The number of piperidine rings is 1. The van der Waals surface area contributed by atoms with Crippen LogP contribution in [0.1, 0.15) is 30.1 Å². The van der Waals surface area contributed by atoms with Crippen molar-refractivity contribution in [2.45, 2.75) is 25.6 Å². The second-order valence-corrected chi connectivity index (χ2v) is 6.92. The summed E-state index contributed by atoms with van der Waals surface area (Å²) in [5.41, 5.74) is 0.0986. The Kier molecular flexibility index (Phi) is 4.64. The Morgan fingerprint density at radius 3 is 2.44 bits per heavy atom. The van der Waals surface area contributed by atoms with Crippen molar-refractivity contribution < 1.29 is 28.9 Å². The molecule has 3 rings (SSSR count). The fourth-order valence-electron chi connectivity index (χ4n) is 3.22. The molecule has 0 saturated carbocycles. The predicted octanol–water partition coefficient (Wildman–Crippen LogP) is 3.66. The first kappa shape index (κ1) is 17.9. The molecular formula is C16H17Cl2NO6.